The minimum absolute atomic E-state index is 0.0181. The number of rotatable bonds is 11. The predicted octanol–water partition coefficient (Wildman–Crippen LogP) is 3.30. The Morgan fingerprint density at radius 3 is 2.40 bits per heavy atom. The van der Waals surface area contributed by atoms with Gasteiger partial charge in [-0.3, -0.25) is 14.4 Å². The third-order valence-corrected chi connectivity index (χ3v) is 10.4. The molecule has 0 radical (unpaired) electrons. The fraction of sp³-hybridized carbons (Fsp3) is 0.459. The summed E-state index contributed by atoms with van der Waals surface area (Å²) in [7, 11) is 0. The van der Waals surface area contributed by atoms with Gasteiger partial charge in [0.2, 0.25) is 5.91 Å². The molecule has 3 aromatic rings. The fourth-order valence-corrected chi connectivity index (χ4v) is 8.00. The Labute approximate surface area is 280 Å². The maximum absolute atomic E-state index is 16.2. The number of aryl methyl sites for hydroxylation is 1. The highest BCUT2D eigenvalue weighted by Gasteiger charge is 2.59. The molecule has 2 saturated carbocycles. The van der Waals surface area contributed by atoms with Crippen LogP contribution in [0.25, 0.3) is 0 Å². The number of amides is 2. The lowest BCUT2D eigenvalue weighted by Crippen LogP contribution is -2.73. The number of imidazole rings is 1. The number of nitrogens with one attached hydrogen (secondary N) is 3. The minimum Gasteiger partial charge on any atom is -0.369 e. The van der Waals surface area contributed by atoms with Crippen molar-refractivity contribution in [1.82, 2.24) is 30.4 Å². The van der Waals surface area contributed by atoms with Crippen molar-refractivity contribution in [2.75, 3.05) is 6.54 Å². The Bertz CT molecular complexity index is 1600. The minimum atomic E-state index is -1.34. The highest BCUT2D eigenvalue weighted by molar-refractivity contribution is 6.20. The zero-order valence-corrected chi connectivity index (χ0v) is 26.9. The molecule has 252 valence electrons. The summed E-state index contributed by atoms with van der Waals surface area (Å²) in [4.78, 5) is 47.0. The summed E-state index contributed by atoms with van der Waals surface area (Å²) < 4.78 is 24.9. The number of hydrogen-bond donors (Lipinski definition) is 3. The van der Waals surface area contributed by atoms with E-state index in [0.29, 0.717) is 32.4 Å². The maximum atomic E-state index is 16.2. The van der Waals surface area contributed by atoms with Gasteiger partial charge in [0.15, 0.2) is 5.78 Å². The number of ketones is 1. The van der Waals surface area contributed by atoms with Gasteiger partial charge in [-0.15, -0.1) is 0 Å². The van der Waals surface area contributed by atoms with Crippen LogP contribution in [0.3, 0.4) is 0 Å². The van der Waals surface area contributed by atoms with Crippen molar-refractivity contribution in [3.63, 3.8) is 0 Å². The number of hydrogen-bond acceptors (Lipinski definition) is 7. The van der Waals surface area contributed by atoms with E-state index >= 15 is 4.39 Å². The number of aromatic nitrogens is 2. The van der Waals surface area contributed by atoms with Crippen molar-refractivity contribution < 1.29 is 23.5 Å². The highest BCUT2D eigenvalue weighted by Crippen LogP contribution is 2.46. The standard InChI is InChI=1S/C37H43FN6O4/c38-29-19-27-33-35(32(29)40-14-7-16-43-17-15-39-23-43)48-31-18-26(36(46)41-20-24-8-3-1-4-9-24)12-13-30(31)44(33)22-28(34(27)45)37(47)42-21-25-10-5-2-6-11-25/h1-6,8-11,15,17,22-23,26-27,29-33,35,40H,7,12-14,16,18-21H2,(H,41,46)(H,42,47). The average Bonchev–Trinajstić information content (AvgIpc) is 3.64. The second-order valence-electron chi connectivity index (χ2n) is 13.4. The molecule has 8 atom stereocenters. The second kappa shape index (κ2) is 14.4. The Morgan fingerprint density at radius 2 is 1.69 bits per heavy atom. The van der Waals surface area contributed by atoms with E-state index in [1.807, 2.05) is 71.4 Å². The third kappa shape index (κ3) is 6.79. The van der Waals surface area contributed by atoms with Gasteiger partial charge in [0.05, 0.1) is 42.2 Å². The summed E-state index contributed by atoms with van der Waals surface area (Å²) in [6.45, 7) is 2.04. The first kappa shape index (κ1) is 32.2. The molecule has 2 aromatic carbocycles. The first-order valence-electron chi connectivity index (χ1n) is 17.1. The molecule has 1 saturated heterocycles. The van der Waals surface area contributed by atoms with E-state index in [4.69, 9.17) is 4.74 Å². The third-order valence-electron chi connectivity index (χ3n) is 10.4. The summed E-state index contributed by atoms with van der Waals surface area (Å²) >= 11 is 0. The van der Waals surface area contributed by atoms with Crippen LogP contribution in [0.1, 0.15) is 43.2 Å². The van der Waals surface area contributed by atoms with Crippen LogP contribution in [0.4, 0.5) is 4.39 Å². The number of nitrogens with zero attached hydrogens (tertiary/aromatic N) is 3. The summed E-state index contributed by atoms with van der Waals surface area (Å²) in [5.74, 6) is -1.76. The molecule has 48 heavy (non-hydrogen) atoms. The Kier molecular flexibility index (Phi) is 9.67. The summed E-state index contributed by atoms with van der Waals surface area (Å²) in [6.07, 6.45) is 7.37. The van der Waals surface area contributed by atoms with Gasteiger partial charge in [-0.25, -0.2) is 9.37 Å². The molecule has 2 aliphatic carbocycles. The van der Waals surface area contributed by atoms with Gasteiger partial charge in [0.1, 0.15) is 6.17 Å². The number of benzene rings is 2. The molecular formula is C37H43FN6O4. The average molecular weight is 655 g/mol. The topological polar surface area (TPSA) is 118 Å². The Morgan fingerprint density at radius 1 is 0.958 bits per heavy atom. The van der Waals surface area contributed by atoms with Gasteiger partial charge >= 0.3 is 0 Å². The lowest BCUT2D eigenvalue weighted by molar-refractivity contribution is -0.202. The molecule has 1 aromatic heterocycles. The molecule has 7 rings (SSSR count). The van der Waals surface area contributed by atoms with Gasteiger partial charge in [0.25, 0.3) is 5.91 Å². The van der Waals surface area contributed by atoms with E-state index in [0.717, 1.165) is 24.1 Å². The van der Waals surface area contributed by atoms with E-state index < -0.39 is 36.2 Å². The molecule has 3 fully saturated rings. The SMILES string of the molecule is O=C(NCc1ccccc1)C1=CN2C3CCC(C(=O)NCc4ccccc4)CC3OC3C(NCCCn4ccnc4)C(F)CC(C1=O)C32. The summed E-state index contributed by atoms with van der Waals surface area (Å²) in [5, 5.41) is 9.42. The molecule has 2 amide bonds. The maximum Gasteiger partial charge on any atom is 0.256 e. The molecule has 11 heteroatoms. The van der Waals surface area contributed by atoms with Crippen molar-refractivity contribution in [3.05, 3.63) is 102 Å². The van der Waals surface area contributed by atoms with E-state index in [9.17, 15) is 14.4 Å². The van der Waals surface area contributed by atoms with Crippen LogP contribution in [0.5, 0.6) is 0 Å². The van der Waals surface area contributed by atoms with E-state index in [2.05, 4.69) is 25.8 Å². The van der Waals surface area contributed by atoms with Crippen LogP contribution in [0.2, 0.25) is 0 Å². The highest BCUT2D eigenvalue weighted by atomic mass is 19.1. The molecule has 3 heterocycles. The van der Waals surface area contributed by atoms with Crippen molar-refractivity contribution in [1.29, 1.82) is 0 Å². The molecule has 0 spiro atoms. The molecule has 4 aliphatic rings. The van der Waals surface area contributed by atoms with Crippen molar-refractivity contribution in [2.24, 2.45) is 11.8 Å². The smallest absolute Gasteiger partial charge is 0.256 e. The number of carbonyl (C=O) groups excluding carboxylic acids is 3. The number of alkyl halides is 1. The number of carbonyl (C=O) groups is 3. The molecular weight excluding hydrogens is 611 g/mol. The van der Waals surface area contributed by atoms with E-state index in [1.165, 1.54) is 0 Å². The van der Waals surface area contributed by atoms with Crippen LogP contribution < -0.4 is 16.0 Å². The first-order chi connectivity index (χ1) is 23.5. The number of halogens is 1. The zero-order chi connectivity index (χ0) is 33.0. The van der Waals surface area contributed by atoms with E-state index in [1.54, 1.807) is 18.7 Å². The zero-order valence-electron chi connectivity index (χ0n) is 26.9. The molecule has 10 nitrogen and oxygen atoms in total. The van der Waals surface area contributed by atoms with Gasteiger partial charge in [-0.2, -0.15) is 0 Å². The van der Waals surface area contributed by atoms with Crippen LogP contribution in [-0.2, 0) is 38.8 Å². The normalized spacial score (nSPS) is 29.3. The quantitative estimate of drug-likeness (QED) is 0.215. The molecule has 8 unspecified atom stereocenters. The van der Waals surface area contributed by atoms with Crippen molar-refractivity contribution in [2.45, 2.75) is 88.2 Å². The summed E-state index contributed by atoms with van der Waals surface area (Å²) in [6, 6.07) is 18.2. The number of morpholine rings is 1. The second-order valence-corrected chi connectivity index (χ2v) is 13.4. The first-order valence-corrected chi connectivity index (χ1v) is 17.1. The van der Waals surface area contributed by atoms with Gasteiger partial charge in [-0.05, 0) is 49.8 Å². The Hall–Kier alpha value is -4.35. The van der Waals surface area contributed by atoms with Crippen LogP contribution >= 0.6 is 0 Å². The fourth-order valence-electron chi connectivity index (χ4n) is 8.00. The Balaban J connectivity index is 1.10. The number of Topliss-reactive ketones (excluding diaryl/α,β-unsaturated/α-hetero) is 1. The van der Waals surface area contributed by atoms with Crippen LogP contribution in [-0.4, -0.2) is 75.1 Å². The van der Waals surface area contributed by atoms with Crippen molar-refractivity contribution in [3.8, 4) is 0 Å². The lowest BCUT2D eigenvalue weighted by atomic mass is 9.69. The van der Waals surface area contributed by atoms with Crippen LogP contribution in [0, 0.1) is 11.8 Å². The van der Waals surface area contributed by atoms with Gasteiger partial charge in [-0.1, -0.05) is 60.7 Å². The summed E-state index contributed by atoms with van der Waals surface area (Å²) in [5.41, 5.74) is 2.02. The molecule has 2 aliphatic heterocycles. The predicted molar refractivity (Wildman–Crippen MR) is 177 cm³/mol. The molecule has 0 bridgehead atoms. The monoisotopic (exact) mass is 654 g/mol. The number of ether oxygens (including phenoxy) is 1. The van der Waals surface area contributed by atoms with E-state index in [-0.39, 0.29) is 48.3 Å². The molecule has 3 N–H and O–H groups in total. The van der Waals surface area contributed by atoms with Crippen molar-refractivity contribution >= 4 is 17.6 Å². The largest absolute Gasteiger partial charge is 0.369 e. The van der Waals surface area contributed by atoms with Crippen LogP contribution in [0.15, 0.2) is 91.2 Å². The van der Waals surface area contributed by atoms with Gasteiger partial charge in [0, 0.05) is 50.1 Å². The van der Waals surface area contributed by atoms with Gasteiger partial charge < -0.3 is 30.2 Å². The number of fused-ring (bicyclic) bond motifs is 2. The lowest BCUT2D eigenvalue weighted by Gasteiger charge is -2.59.